The highest BCUT2D eigenvalue weighted by atomic mass is 15.3. The third-order valence-corrected chi connectivity index (χ3v) is 6.44. The quantitative estimate of drug-likeness (QED) is 0.696. The van der Waals surface area contributed by atoms with Gasteiger partial charge < -0.3 is 14.4 Å². The van der Waals surface area contributed by atoms with Crippen molar-refractivity contribution in [2.45, 2.75) is 20.8 Å². The predicted octanol–water partition coefficient (Wildman–Crippen LogP) is 2.26. The van der Waals surface area contributed by atoms with E-state index in [-0.39, 0.29) is 0 Å². The van der Waals surface area contributed by atoms with Gasteiger partial charge in [0.1, 0.15) is 24.0 Å². The molecule has 7 heteroatoms. The van der Waals surface area contributed by atoms with E-state index in [2.05, 4.69) is 68.2 Å². The summed E-state index contributed by atoms with van der Waals surface area (Å²) >= 11 is 0. The first-order chi connectivity index (χ1) is 13.0. The molecular weight excluding hydrogens is 338 g/mol. The molecule has 140 valence electrons. The second kappa shape index (κ2) is 5.90. The summed E-state index contributed by atoms with van der Waals surface area (Å²) in [5.74, 6) is 3.47. The van der Waals surface area contributed by atoms with Crippen LogP contribution in [0.5, 0.6) is 0 Å². The Morgan fingerprint density at radius 2 is 1.41 bits per heavy atom. The molecule has 27 heavy (non-hydrogen) atoms. The molecule has 2 unspecified atom stereocenters. The smallest absolute Gasteiger partial charge is 0.156 e. The molecule has 0 aromatic carbocycles. The fourth-order valence-corrected chi connectivity index (χ4v) is 4.70. The molecule has 5 heterocycles. The van der Waals surface area contributed by atoms with Gasteiger partial charge in [-0.15, -0.1) is 0 Å². The molecule has 7 nitrogen and oxygen atoms in total. The number of anilines is 2. The van der Waals surface area contributed by atoms with E-state index in [9.17, 15) is 0 Å². The summed E-state index contributed by atoms with van der Waals surface area (Å²) in [6.45, 7) is 10.5. The predicted molar refractivity (Wildman–Crippen MR) is 106 cm³/mol. The van der Waals surface area contributed by atoms with Crippen LogP contribution in [0.2, 0.25) is 0 Å². The van der Waals surface area contributed by atoms with Crippen LogP contribution in [-0.4, -0.2) is 50.7 Å². The topological polar surface area (TPSA) is 63.0 Å². The first kappa shape index (κ1) is 16.5. The lowest BCUT2D eigenvalue weighted by Crippen LogP contribution is -2.30. The molecule has 0 bridgehead atoms. The van der Waals surface area contributed by atoms with Gasteiger partial charge in [-0.3, -0.25) is 0 Å². The van der Waals surface area contributed by atoms with Gasteiger partial charge in [0, 0.05) is 62.0 Å². The van der Waals surface area contributed by atoms with E-state index in [0.29, 0.717) is 11.8 Å². The Morgan fingerprint density at radius 3 is 2.11 bits per heavy atom. The SMILES string of the molecule is Cc1ncnc(N2CC3CN(c4ncnc5cc(C)n(C)c45)CC3C2)c1C. The van der Waals surface area contributed by atoms with Gasteiger partial charge in [-0.1, -0.05) is 0 Å². The van der Waals surface area contributed by atoms with Gasteiger partial charge in [0.15, 0.2) is 5.82 Å². The van der Waals surface area contributed by atoms with Crippen molar-refractivity contribution in [3.63, 3.8) is 0 Å². The fraction of sp³-hybridized carbons (Fsp3) is 0.500. The molecule has 5 rings (SSSR count). The van der Waals surface area contributed by atoms with Crippen molar-refractivity contribution in [1.29, 1.82) is 0 Å². The standard InChI is InChI=1S/C20H25N7/c1-12-5-17-18(25(12)4)20(24-11-22-17)27-8-15-6-26(7-16(15)9-27)19-13(2)14(3)21-10-23-19/h5,10-11,15-16H,6-9H2,1-4H3. The summed E-state index contributed by atoms with van der Waals surface area (Å²) in [5.41, 5.74) is 5.67. The number of nitrogens with zero attached hydrogens (tertiary/aromatic N) is 7. The van der Waals surface area contributed by atoms with E-state index >= 15 is 0 Å². The van der Waals surface area contributed by atoms with Gasteiger partial charge >= 0.3 is 0 Å². The van der Waals surface area contributed by atoms with Crippen LogP contribution in [0.1, 0.15) is 17.0 Å². The van der Waals surface area contributed by atoms with Crippen LogP contribution in [0.25, 0.3) is 11.0 Å². The van der Waals surface area contributed by atoms with E-state index in [1.807, 2.05) is 0 Å². The van der Waals surface area contributed by atoms with Crippen LogP contribution >= 0.6 is 0 Å². The second-order valence-electron chi connectivity index (χ2n) is 8.01. The third-order valence-electron chi connectivity index (χ3n) is 6.44. The normalized spacial score (nSPS) is 22.1. The summed E-state index contributed by atoms with van der Waals surface area (Å²) in [4.78, 5) is 22.9. The van der Waals surface area contributed by atoms with Crippen LogP contribution in [0.15, 0.2) is 18.7 Å². The lowest BCUT2D eigenvalue weighted by molar-refractivity contribution is 0.533. The zero-order valence-corrected chi connectivity index (χ0v) is 16.3. The molecule has 0 radical (unpaired) electrons. The Labute approximate surface area is 159 Å². The number of hydrogen-bond acceptors (Lipinski definition) is 6. The highest BCUT2D eigenvalue weighted by molar-refractivity contribution is 5.87. The van der Waals surface area contributed by atoms with Crippen LogP contribution < -0.4 is 9.80 Å². The minimum atomic E-state index is 0.644. The third kappa shape index (κ3) is 2.48. The Hall–Kier alpha value is -2.70. The van der Waals surface area contributed by atoms with Crippen LogP contribution in [-0.2, 0) is 7.05 Å². The average Bonchev–Trinajstić information content (AvgIpc) is 3.29. The summed E-state index contributed by atoms with van der Waals surface area (Å²) in [5, 5.41) is 0. The van der Waals surface area contributed by atoms with Crippen molar-refractivity contribution in [3.8, 4) is 0 Å². The highest BCUT2D eigenvalue weighted by Crippen LogP contribution is 2.37. The Morgan fingerprint density at radius 1 is 0.815 bits per heavy atom. The average molecular weight is 363 g/mol. The van der Waals surface area contributed by atoms with Crippen LogP contribution in [0.4, 0.5) is 11.6 Å². The van der Waals surface area contributed by atoms with E-state index in [1.54, 1.807) is 12.7 Å². The number of aromatic nitrogens is 5. The van der Waals surface area contributed by atoms with E-state index in [0.717, 1.165) is 54.5 Å². The molecule has 0 N–H and O–H groups in total. The second-order valence-corrected chi connectivity index (χ2v) is 8.01. The molecular formula is C20H25N7. The molecule has 2 saturated heterocycles. The number of hydrogen-bond donors (Lipinski definition) is 0. The maximum atomic E-state index is 4.65. The largest absolute Gasteiger partial charge is 0.356 e. The zero-order chi connectivity index (χ0) is 18.7. The molecule has 3 aromatic heterocycles. The molecule has 0 amide bonds. The summed E-state index contributed by atoms with van der Waals surface area (Å²) < 4.78 is 2.21. The lowest BCUT2D eigenvalue weighted by Gasteiger charge is -2.24. The number of fused-ring (bicyclic) bond motifs is 2. The Kier molecular flexibility index (Phi) is 3.60. The van der Waals surface area contributed by atoms with E-state index < -0.39 is 0 Å². The Bertz CT molecular complexity index is 1010. The van der Waals surface area contributed by atoms with Crippen molar-refractivity contribution in [2.24, 2.45) is 18.9 Å². The minimum Gasteiger partial charge on any atom is -0.356 e. The number of aryl methyl sites for hydroxylation is 3. The molecule has 3 aromatic rings. The summed E-state index contributed by atoms with van der Waals surface area (Å²) in [7, 11) is 2.10. The van der Waals surface area contributed by atoms with Crippen molar-refractivity contribution in [1.82, 2.24) is 24.5 Å². The first-order valence-corrected chi connectivity index (χ1v) is 9.58. The van der Waals surface area contributed by atoms with Crippen molar-refractivity contribution < 1.29 is 0 Å². The molecule has 2 atom stereocenters. The minimum absolute atomic E-state index is 0.644. The number of rotatable bonds is 2. The van der Waals surface area contributed by atoms with Crippen molar-refractivity contribution in [2.75, 3.05) is 36.0 Å². The summed E-state index contributed by atoms with van der Waals surface area (Å²) in [6, 6.07) is 2.14. The van der Waals surface area contributed by atoms with Gasteiger partial charge in [0.05, 0.1) is 5.52 Å². The van der Waals surface area contributed by atoms with E-state index in [1.165, 1.54) is 11.3 Å². The van der Waals surface area contributed by atoms with Gasteiger partial charge in [-0.05, 0) is 26.8 Å². The molecule has 2 aliphatic heterocycles. The molecule has 2 aliphatic rings. The highest BCUT2D eigenvalue weighted by Gasteiger charge is 2.41. The van der Waals surface area contributed by atoms with Gasteiger partial charge in [0.25, 0.3) is 0 Å². The van der Waals surface area contributed by atoms with Crippen LogP contribution in [0.3, 0.4) is 0 Å². The molecule has 0 aliphatic carbocycles. The van der Waals surface area contributed by atoms with Gasteiger partial charge in [-0.2, -0.15) is 0 Å². The first-order valence-electron chi connectivity index (χ1n) is 9.58. The van der Waals surface area contributed by atoms with Gasteiger partial charge in [0.2, 0.25) is 0 Å². The van der Waals surface area contributed by atoms with Crippen molar-refractivity contribution in [3.05, 3.63) is 35.7 Å². The lowest BCUT2D eigenvalue weighted by atomic mass is 10.0. The summed E-state index contributed by atoms with van der Waals surface area (Å²) in [6.07, 6.45) is 3.39. The van der Waals surface area contributed by atoms with E-state index in [4.69, 9.17) is 0 Å². The molecule has 0 saturated carbocycles. The molecule has 0 spiro atoms. The molecule has 2 fully saturated rings. The van der Waals surface area contributed by atoms with Crippen LogP contribution in [0, 0.1) is 32.6 Å². The monoisotopic (exact) mass is 363 g/mol. The zero-order valence-electron chi connectivity index (χ0n) is 16.3. The van der Waals surface area contributed by atoms with Crippen molar-refractivity contribution >= 4 is 22.7 Å². The fourth-order valence-electron chi connectivity index (χ4n) is 4.70. The van der Waals surface area contributed by atoms with Gasteiger partial charge in [-0.25, -0.2) is 19.9 Å². The maximum absolute atomic E-state index is 4.65. The Balaban J connectivity index is 1.40. The maximum Gasteiger partial charge on any atom is 0.156 e.